The second-order valence-electron chi connectivity index (χ2n) is 4.63. The van der Waals surface area contributed by atoms with E-state index in [2.05, 4.69) is 16.3 Å². The highest BCUT2D eigenvalue weighted by molar-refractivity contribution is 5.11. The predicted molar refractivity (Wildman–Crippen MR) is 66.6 cm³/mol. The molecule has 0 saturated carbocycles. The van der Waals surface area contributed by atoms with Crippen molar-refractivity contribution in [3.63, 3.8) is 0 Å². The lowest BCUT2D eigenvalue weighted by atomic mass is 10.1. The van der Waals surface area contributed by atoms with Gasteiger partial charge in [-0.1, -0.05) is 0 Å². The van der Waals surface area contributed by atoms with Crippen LogP contribution >= 0.6 is 0 Å². The maximum atomic E-state index is 5.76. The first-order valence-electron chi connectivity index (χ1n) is 5.81. The monoisotopic (exact) mass is 233 g/mol. The van der Waals surface area contributed by atoms with Crippen LogP contribution in [-0.2, 0) is 20.0 Å². The predicted octanol–water partition coefficient (Wildman–Crippen LogP) is 0.863. The van der Waals surface area contributed by atoms with Crippen molar-refractivity contribution in [2.24, 2.45) is 12.8 Å². The van der Waals surface area contributed by atoms with Crippen molar-refractivity contribution >= 4 is 0 Å². The van der Waals surface area contributed by atoms with Crippen molar-refractivity contribution < 1.29 is 0 Å². The maximum Gasteiger partial charge on any atom is 0.0828 e. The van der Waals surface area contributed by atoms with E-state index in [1.54, 1.807) is 0 Å². The minimum absolute atomic E-state index is 0.173. The summed E-state index contributed by atoms with van der Waals surface area (Å²) in [7, 11) is 1.95. The normalized spacial score (nSPS) is 12.9. The molecule has 0 radical (unpaired) electrons. The zero-order valence-electron chi connectivity index (χ0n) is 10.6. The molecular weight excluding hydrogens is 214 g/mol. The lowest BCUT2D eigenvalue weighted by Gasteiger charge is -2.02. The zero-order valence-corrected chi connectivity index (χ0v) is 10.6. The molecule has 0 amide bonds. The fourth-order valence-electron chi connectivity index (χ4n) is 1.95. The van der Waals surface area contributed by atoms with Crippen LogP contribution in [0.4, 0.5) is 0 Å². The lowest BCUT2D eigenvalue weighted by Crippen LogP contribution is -2.17. The van der Waals surface area contributed by atoms with Crippen LogP contribution in [-0.4, -0.2) is 25.6 Å². The molecule has 2 aromatic rings. The van der Waals surface area contributed by atoms with Crippen LogP contribution in [0, 0.1) is 6.92 Å². The maximum absolute atomic E-state index is 5.76. The Morgan fingerprint density at radius 1 is 1.47 bits per heavy atom. The smallest absolute Gasteiger partial charge is 0.0828 e. The van der Waals surface area contributed by atoms with Crippen molar-refractivity contribution in [3.05, 3.63) is 35.4 Å². The molecule has 0 bridgehead atoms. The van der Waals surface area contributed by atoms with E-state index >= 15 is 0 Å². The molecule has 5 nitrogen and oxygen atoms in total. The van der Waals surface area contributed by atoms with Crippen LogP contribution in [0.15, 0.2) is 18.5 Å². The van der Waals surface area contributed by atoms with Gasteiger partial charge in [0.05, 0.1) is 24.1 Å². The third-order valence-electron chi connectivity index (χ3n) is 2.67. The van der Waals surface area contributed by atoms with Gasteiger partial charge in [-0.15, -0.1) is 0 Å². The molecule has 0 spiro atoms. The van der Waals surface area contributed by atoms with E-state index in [-0.39, 0.29) is 6.04 Å². The molecule has 5 heteroatoms. The highest BCUT2D eigenvalue weighted by atomic mass is 15.3. The molecule has 92 valence electrons. The molecular formula is C12H19N5. The molecule has 0 aromatic carbocycles. The first-order chi connectivity index (χ1) is 8.04. The van der Waals surface area contributed by atoms with Crippen LogP contribution in [0.25, 0.3) is 0 Å². The van der Waals surface area contributed by atoms with Gasteiger partial charge in [0.1, 0.15) is 0 Å². The molecule has 2 heterocycles. The summed E-state index contributed by atoms with van der Waals surface area (Å²) in [5.74, 6) is 0. The van der Waals surface area contributed by atoms with Gasteiger partial charge < -0.3 is 5.73 Å². The Kier molecular flexibility index (Phi) is 3.28. The third-order valence-corrected chi connectivity index (χ3v) is 2.67. The Morgan fingerprint density at radius 3 is 2.82 bits per heavy atom. The highest BCUT2D eigenvalue weighted by Crippen LogP contribution is 2.06. The Hall–Kier alpha value is -1.62. The van der Waals surface area contributed by atoms with Gasteiger partial charge in [-0.05, 0) is 31.9 Å². The first-order valence-corrected chi connectivity index (χ1v) is 5.81. The largest absolute Gasteiger partial charge is 0.328 e. The molecule has 17 heavy (non-hydrogen) atoms. The average molecular weight is 233 g/mol. The Labute approximate surface area is 101 Å². The number of hydrogen-bond donors (Lipinski definition) is 1. The number of rotatable bonds is 4. The SMILES string of the molecule is Cc1cc(Cn2cc(CC(C)N)cn2)n(C)n1. The summed E-state index contributed by atoms with van der Waals surface area (Å²) in [5, 5.41) is 8.65. The van der Waals surface area contributed by atoms with E-state index in [0.29, 0.717) is 0 Å². The molecule has 0 aliphatic carbocycles. The standard InChI is InChI=1S/C12H19N5/c1-9(13)4-11-6-14-17(7-11)8-12-5-10(2)15-16(12)3/h5-7,9H,4,8,13H2,1-3H3. The highest BCUT2D eigenvalue weighted by Gasteiger charge is 2.05. The number of hydrogen-bond acceptors (Lipinski definition) is 3. The Morgan fingerprint density at radius 2 is 2.24 bits per heavy atom. The minimum Gasteiger partial charge on any atom is -0.328 e. The third kappa shape index (κ3) is 2.94. The minimum atomic E-state index is 0.173. The summed E-state index contributed by atoms with van der Waals surface area (Å²) >= 11 is 0. The molecule has 0 aliphatic heterocycles. The molecule has 2 rings (SSSR count). The number of nitrogens with two attached hydrogens (primary N) is 1. The second-order valence-corrected chi connectivity index (χ2v) is 4.63. The van der Waals surface area contributed by atoms with Crippen LogP contribution in [0.3, 0.4) is 0 Å². The number of nitrogens with zero attached hydrogens (tertiary/aromatic N) is 4. The van der Waals surface area contributed by atoms with Gasteiger partial charge in [-0.25, -0.2) is 0 Å². The molecule has 1 atom stereocenters. The summed E-state index contributed by atoms with van der Waals surface area (Å²) in [6, 6.07) is 2.25. The summed E-state index contributed by atoms with van der Waals surface area (Å²) in [5.41, 5.74) is 9.13. The first kappa shape index (κ1) is 11.9. The number of aryl methyl sites for hydroxylation is 2. The van der Waals surface area contributed by atoms with Gasteiger partial charge in [-0.2, -0.15) is 10.2 Å². The van der Waals surface area contributed by atoms with Crippen LogP contribution in [0.5, 0.6) is 0 Å². The Balaban J connectivity index is 2.08. The second kappa shape index (κ2) is 4.71. The van der Waals surface area contributed by atoms with Crippen LogP contribution in [0.2, 0.25) is 0 Å². The van der Waals surface area contributed by atoms with E-state index in [1.165, 1.54) is 5.56 Å². The summed E-state index contributed by atoms with van der Waals surface area (Å²) < 4.78 is 3.82. The summed E-state index contributed by atoms with van der Waals surface area (Å²) in [6.07, 6.45) is 4.79. The van der Waals surface area contributed by atoms with E-state index in [1.807, 2.05) is 42.7 Å². The van der Waals surface area contributed by atoms with Gasteiger partial charge in [0.15, 0.2) is 0 Å². The van der Waals surface area contributed by atoms with Crippen LogP contribution < -0.4 is 5.73 Å². The fourth-order valence-corrected chi connectivity index (χ4v) is 1.95. The Bertz CT molecular complexity index is 495. The topological polar surface area (TPSA) is 61.7 Å². The van der Waals surface area contributed by atoms with Crippen molar-refractivity contribution in [1.82, 2.24) is 19.6 Å². The van der Waals surface area contributed by atoms with E-state index in [9.17, 15) is 0 Å². The molecule has 2 aromatic heterocycles. The molecule has 0 saturated heterocycles. The fraction of sp³-hybridized carbons (Fsp3) is 0.500. The van der Waals surface area contributed by atoms with E-state index in [0.717, 1.165) is 24.4 Å². The summed E-state index contributed by atoms with van der Waals surface area (Å²) in [6.45, 7) is 4.74. The van der Waals surface area contributed by atoms with Crippen molar-refractivity contribution in [3.8, 4) is 0 Å². The lowest BCUT2D eigenvalue weighted by molar-refractivity contribution is 0.618. The molecule has 0 aliphatic rings. The molecule has 0 fully saturated rings. The van der Waals surface area contributed by atoms with Gasteiger partial charge in [0.25, 0.3) is 0 Å². The average Bonchev–Trinajstić information content (AvgIpc) is 2.74. The van der Waals surface area contributed by atoms with Gasteiger partial charge in [0.2, 0.25) is 0 Å². The molecule has 2 N–H and O–H groups in total. The van der Waals surface area contributed by atoms with Gasteiger partial charge in [-0.3, -0.25) is 9.36 Å². The summed E-state index contributed by atoms with van der Waals surface area (Å²) in [4.78, 5) is 0. The van der Waals surface area contributed by atoms with E-state index < -0.39 is 0 Å². The van der Waals surface area contributed by atoms with Crippen LogP contribution in [0.1, 0.15) is 23.9 Å². The van der Waals surface area contributed by atoms with Crippen molar-refractivity contribution in [2.45, 2.75) is 32.9 Å². The zero-order chi connectivity index (χ0) is 12.4. The quantitative estimate of drug-likeness (QED) is 0.852. The molecule has 1 unspecified atom stereocenters. The van der Waals surface area contributed by atoms with Gasteiger partial charge in [0, 0.05) is 19.3 Å². The number of aromatic nitrogens is 4. The van der Waals surface area contributed by atoms with Crippen molar-refractivity contribution in [1.29, 1.82) is 0 Å². The van der Waals surface area contributed by atoms with E-state index in [4.69, 9.17) is 5.73 Å². The van der Waals surface area contributed by atoms with Gasteiger partial charge >= 0.3 is 0 Å². The van der Waals surface area contributed by atoms with Crippen molar-refractivity contribution in [2.75, 3.05) is 0 Å².